The van der Waals surface area contributed by atoms with Gasteiger partial charge in [-0.05, 0) is 11.4 Å². The maximum Gasteiger partial charge on any atom is 0.315 e. The molecular weight excluding hydrogens is 248 g/mol. The maximum atomic E-state index is 11.0. The summed E-state index contributed by atoms with van der Waals surface area (Å²) < 4.78 is 15.5. The lowest BCUT2D eigenvalue weighted by atomic mass is 10.4. The van der Waals surface area contributed by atoms with Crippen molar-refractivity contribution in [2.24, 2.45) is 0 Å². The first-order valence-corrected chi connectivity index (χ1v) is 6.68. The number of thioether (sulfide) groups is 1. The van der Waals surface area contributed by atoms with Crippen molar-refractivity contribution in [3.05, 3.63) is 16.3 Å². The Morgan fingerprint density at radius 2 is 2.38 bits per heavy atom. The maximum absolute atomic E-state index is 11.0. The molecule has 1 fully saturated rings. The Morgan fingerprint density at radius 1 is 1.62 bits per heavy atom. The van der Waals surface area contributed by atoms with Gasteiger partial charge in [-0.25, -0.2) is 0 Å². The first-order valence-electron chi connectivity index (χ1n) is 4.81. The van der Waals surface area contributed by atoms with Crippen LogP contribution in [-0.4, -0.2) is 32.0 Å². The largest absolute Gasteiger partial charge is 0.468 e. The van der Waals surface area contributed by atoms with E-state index in [-0.39, 0.29) is 12.3 Å². The van der Waals surface area contributed by atoms with Crippen LogP contribution in [0.2, 0.25) is 0 Å². The Kier molecular flexibility index (Phi) is 4.22. The molecular formula is C10H12O4S2. The highest BCUT2D eigenvalue weighted by molar-refractivity contribution is 8.00. The van der Waals surface area contributed by atoms with E-state index in [0.717, 1.165) is 9.77 Å². The van der Waals surface area contributed by atoms with Crippen LogP contribution >= 0.6 is 23.1 Å². The summed E-state index contributed by atoms with van der Waals surface area (Å²) in [5, 5.41) is 1.97. The van der Waals surface area contributed by atoms with Crippen LogP contribution in [0.3, 0.4) is 0 Å². The van der Waals surface area contributed by atoms with E-state index in [1.807, 2.05) is 11.4 Å². The van der Waals surface area contributed by atoms with Crippen LogP contribution in [0, 0.1) is 0 Å². The van der Waals surface area contributed by atoms with Crippen molar-refractivity contribution in [1.82, 2.24) is 0 Å². The molecule has 4 nitrogen and oxygen atoms in total. The van der Waals surface area contributed by atoms with Crippen molar-refractivity contribution in [2.75, 3.05) is 26.1 Å². The SMILES string of the molecule is COC(=O)CSc1ccsc1C1OCCO1. The number of thiophene rings is 1. The molecule has 1 aromatic rings. The zero-order valence-electron chi connectivity index (χ0n) is 8.80. The molecule has 2 heterocycles. The third-order valence-corrected chi connectivity index (χ3v) is 4.18. The van der Waals surface area contributed by atoms with Crippen LogP contribution < -0.4 is 0 Å². The molecule has 1 aliphatic rings. The van der Waals surface area contributed by atoms with E-state index in [9.17, 15) is 4.79 Å². The molecule has 88 valence electrons. The minimum absolute atomic E-state index is 0.226. The molecule has 16 heavy (non-hydrogen) atoms. The van der Waals surface area contributed by atoms with Gasteiger partial charge < -0.3 is 14.2 Å². The number of carbonyl (C=O) groups excluding carboxylic acids is 1. The van der Waals surface area contributed by atoms with Gasteiger partial charge in [0, 0.05) is 4.90 Å². The lowest BCUT2D eigenvalue weighted by Gasteiger charge is -2.09. The van der Waals surface area contributed by atoms with E-state index in [1.54, 1.807) is 11.3 Å². The van der Waals surface area contributed by atoms with Gasteiger partial charge in [0.05, 0.1) is 31.0 Å². The van der Waals surface area contributed by atoms with Gasteiger partial charge >= 0.3 is 5.97 Å². The normalized spacial score (nSPS) is 16.6. The molecule has 0 N–H and O–H groups in total. The van der Waals surface area contributed by atoms with Gasteiger partial charge in [-0.2, -0.15) is 0 Å². The lowest BCUT2D eigenvalue weighted by molar-refractivity contribution is -0.137. The lowest BCUT2D eigenvalue weighted by Crippen LogP contribution is -2.03. The van der Waals surface area contributed by atoms with Crippen molar-refractivity contribution in [2.45, 2.75) is 11.2 Å². The van der Waals surface area contributed by atoms with Gasteiger partial charge in [-0.3, -0.25) is 4.79 Å². The molecule has 0 radical (unpaired) electrons. The predicted octanol–water partition coefficient (Wildman–Crippen LogP) is 2.06. The number of methoxy groups -OCH3 is 1. The van der Waals surface area contributed by atoms with Gasteiger partial charge in [0.2, 0.25) is 0 Å². The molecule has 0 saturated carbocycles. The second kappa shape index (κ2) is 5.67. The highest BCUT2D eigenvalue weighted by Crippen LogP contribution is 2.36. The van der Waals surface area contributed by atoms with Crippen LogP contribution in [-0.2, 0) is 19.0 Å². The fraction of sp³-hybridized carbons (Fsp3) is 0.500. The third kappa shape index (κ3) is 2.76. The molecule has 0 unspecified atom stereocenters. The van der Waals surface area contributed by atoms with Crippen molar-refractivity contribution in [3.63, 3.8) is 0 Å². The first-order chi connectivity index (χ1) is 7.81. The summed E-state index contributed by atoms with van der Waals surface area (Å²) in [5.74, 6) is 0.0860. The van der Waals surface area contributed by atoms with Crippen molar-refractivity contribution >= 4 is 29.1 Å². The van der Waals surface area contributed by atoms with Gasteiger partial charge in [-0.1, -0.05) is 0 Å². The third-order valence-electron chi connectivity index (χ3n) is 2.07. The van der Waals surface area contributed by atoms with Gasteiger partial charge in [0.25, 0.3) is 0 Å². The quantitative estimate of drug-likeness (QED) is 0.612. The number of hydrogen-bond donors (Lipinski definition) is 0. The molecule has 6 heteroatoms. The first kappa shape index (κ1) is 11.9. The Morgan fingerprint density at radius 3 is 3.06 bits per heavy atom. The average molecular weight is 260 g/mol. The number of rotatable bonds is 4. The standard InChI is InChI=1S/C10H12O4S2/c1-12-8(11)6-16-7-2-5-15-9(7)10-13-3-4-14-10/h2,5,10H,3-4,6H2,1H3. The summed E-state index contributed by atoms with van der Waals surface area (Å²) in [5.41, 5.74) is 0. The summed E-state index contributed by atoms with van der Waals surface area (Å²) in [6.45, 7) is 1.26. The smallest absolute Gasteiger partial charge is 0.315 e. The van der Waals surface area contributed by atoms with Gasteiger partial charge in [0.1, 0.15) is 0 Å². The topological polar surface area (TPSA) is 44.8 Å². The summed E-state index contributed by atoms with van der Waals surface area (Å²) in [7, 11) is 1.39. The molecule has 1 saturated heterocycles. The summed E-state index contributed by atoms with van der Waals surface area (Å²) in [6.07, 6.45) is -0.264. The Balaban J connectivity index is 1.98. The van der Waals surface area contributed by atoms with E-state index < -0.39 is 0 Å². The Hall–Kier alpha value is -0.560. The second-order valence-corrected chi connectivity index (χ2v) is 5.05. The molecule has 1 aromatic heterocycles. The molecule has 2 rings (SSSR count). The molecule has 0 aliphatic carbocycles. The zero-order valence-corrected chi connectivity index (χ0v) is 10.4. The van der Waals surface area contributed by atoms with Crippen molar-refractivity contribution in [1.29, 1.82) is 0 Å². The molecule has 0 spiro atoms. The van der Waals surface area contributed by atoms with Crippen LogP contribution in [0.4, 0.5) is 0 Å². The van der Waals surface area contributed by atoms with Gasteiger partial charge in [-0.15, -0.1) is 23.1 Å². The average Bonchev–Trinajstić information content (AvgIpc) is 2.95. The van der Waals surface area contributed by atoms with Crippen molar-refractivity contribution in [3.8, 4) is 0 Å². The van der Waals surface area contributed by atoms with Gasteiger partial charge in [0.15, 0.2) is 6.29 Å². The van der Waals surface area contributed by atoms with E-state index in [0.29, 0.717) is 19.0 Å². The van der Waals surface area contributed by atoms with Crippen LogP contribution in [0.1, 0.15) is 11.2 Å². The predicted molar refractivity (Wildman–Crippen MR) is 61.7 cm³/mol. The highest BCUT2D eigenvalue weighted by Gasteiger charge is 2.23. The van der Waals surface area contributed by atoms with E-state index in [4.69, 9.17) is 9.47 Å². The zero-order chi connectivity index (χ0) is 11.4. The van der Waals surface area contributed by atoms with E-state index in [2.05, 4.69) is 4.74 Å². The van der Waals surface area contributed by atoms with E-state index in [1.165, 1.54) is 18.9 Å². The van der Waals surface area contributed by atoms with Crippen LogP contribution in [0.5, 0.6) is 0 Å². The fourth-order valence-electron chi connectivity index (χ4n) is 1.31. The Bertz CT molecular complexity index is 357. The number of hydrogen-bond acceptors (Lipinski definition) is 6. The minimum Gasteiger partial charge on any atom is -0.468 e. The number of carbonyl (C=O) groups is 1. The summed E-state index contributed by atoms with van der Waals surface area (Å²) in [4.78, 5) is 13.1. The Labute approximate surface area is 102 Å². The molecule has 0 atom stereocenters. The highest BCUT2D eigenvalue weighted by atomic mass is 32.2. The summed E-state index contributed by atoms with van der Waals surface area (Å²) in [6, 6.07) is 1.97. The fourth-order valence-corrected chi connectivity index (χ4v) is 3.29. The monoisotopic (exact) mass is 260 g/mol. The van der Waals surface area contributed by atoms with Crippen LogP contribution in [0.15, 0.2) is 16.3 Å². The molecule has 0 bridgehead atoms. The number of esters is 1. The molecule has 0 amide bonds. The molecule has 0 aromatic carbocycles. The van der Waals surface area contributed by atoms with Crippen LogP contribution in [0.25, 0.3) is 0 Å². The van der Waals surface area contributed by atoms with E-state index >= 15 is 0 Å². The molecule has 1 aliphatic heterocycles. The summed E-state index contributed by atoms with van der Waals surface area (Å²) >= 11 is 3.03. The number of ether oxygens (including phenoxy) is 3. The second-order valence-electron chi connectivity index (χ2n) is 3.09. The minimum atomic E-state index is -0.264. The van der Waals surface area contributed by atoms with Crippen molar-refractivity contribution < 1.29 is 19.0 Å².